The van der Waals surface area contributed by atoms with Crippen molar-refractivity contribution in [3.8, 4) is 0 Å². The summed E-state index contributed by atoms with van der Waals surface area (Å²) < 4.78 is 6.11. The maximum absolute atomic E-state index is 6.11. The molecule has 0 bridgehead atoms. The topological polar surface area (TPSA) is 25.2 Å². The van der Waals surface area contributed by atoms with Gasteiger partial charge < -0.3 is 9.73 Å². The Morgan fingerprint density at radius 3 is 2.65 bits per heavy atom. The first-order chi connectivity index (χ1) is 9.69. The van der Waals surface area contributed by atoms with Crippen molar-refractivity contribution in [3.05, 3.63) is 35.6 Å². The molecule has 0 spiro atoms. The Hall–Kier alpha value is -1.28. The molecule has 0 saturated heterocycles. The van der Waals surface area contributed by atoms with Gasteiger partial charge in [-0.1, -0.05) is 32.0 Å². The molecule has 1 aliphatic rings. The fraction of sp³-hybridized carbons (Fsp3) is 0.556. The first-order valence-electron chi connectivity index (χ1n) is 7.93. The number of benzene rings is 1. The number of aryl methyl sites for hydroxylation is 1. The van der Waals surface area contributed by atoms with Crippen molar-refractivity contribution in [2.75, 3.05) is 6.54 Å². The lowest BCUT2D eigenvalue weighted by Gasteiger charge is -2.18. The molecule has 1 atom stereocenters. The first-order valence-corrected chi connectivity index (χ1v) is 7.93. The molecule has 1 aromatic carbocycles. The maximum atomic E-state index is 6.11. The summed E-state index contributed by atoms with van der Waals surface area (Å²) in [5.41, 5.74) is 2.96. The van der Waals surface area contributed by atoms with Crippen LogP contribution < -0.4 is 5.32 Å². The zero-order chi connectivity index (χ0) is 14.2. The molecule has 1 unspecified atom stereocenters. The van der Waals surface area contributed by atoms with E-state index in [9.17, 15) is 0 Å². The zero-order valence-electron chi connectivity index (χ0n) is 12.8. The van der Waals surface area contributed by atoms with Gasteiger partial charge in [-0.3, -0.25) is 0 Å². The normalized spacial score (nSPS) is 18.4. The Kier molecular flexibility index (Phi) is 3.59. The predicted molar refractivity (Wildman–Crippen MR) is 84.0 cm³/mol. The van der Waals surface area contributed by atoms with Crippen molar-refractivity contribution in [2.24, 2.45) is 5.41 Å². The van der Waals surface area contributed by atoms with Crippen molar-refractivity contribution in [1.82, 2.24) is 5.32 Å². The van der Waals surface area contributed by atoms with Crippen LogP contribution in [0.5, 0.6) is 0 Å². The molecular formula is C18H25NO. The summed E-state index contributed by atoms with van der Waals surface area (Å²) in [6, 6.07) is 8.67. The molecule has 3 rings (SSSR count). The van der Waals surface area contributed by atoms with Gasteiger partial charge in [0.1, 0.15) is 11.3 Å². The van der Waals surface area contributed by atoms with Gasteiger partial charge >= 0.3 is 0 Å². The van der Waals surface area contributed by atoms with Crippen LogP contribution in [0, 0.1) is 5.41 Å². The van der Waals surface area contributed by atoms with Crippen LogP contribution in [0.4, 0.5) is 0 Å². The van der Waals surface area contributed by atoms with Crippen LogP contribution in [0.15, 0.2) is 28.7 Å². The second-order valence-corrected chi connectivity index (χ2v) is 6.25. The van der Waals surface area contributed by atoms with Gasteiger partial charge in [-0.2, -0.15) is 0 Å². The Morgan fingerprint density at radius 1 is 1.25 bits per heavy atom. The van der Waals surface area contributed by atoms with Gasteiger partial charge in [0.05, 0.1) is 6.04 Å². The van der Waals surface area contributed by atoms with Gasteiger partial charge in [-0.15, -0.1) is 0 Å². The van der Waals surface area contributed by atoms with Gasteiger partial charge in [0.25, 0.3) is 0 Å². The predicted octanol–water partition coefficient (Wildman–Crippen LogP) is 4.84. The molecule has 1 heterocycles. The summed E-state index contributed by atoms with van der Waals surface area (Å²) in [5.74, 6) is 1.13. The third-order valence-corrected chi connectivity index (χ3v) is 4.97. The lowest BCUT2D eigenvalue weighted by molar-refractivity contribution is 0.381. The molecule has 20 heavy (non-hydrogen) atoms. The van der Waals surface area contributed by atoms with E-state index < -0.39 is 0 Å². The third kappa shape index (κ3) is 2.37. The van der Waals surface area contributed by atoms with Crippen molar-refractivity contribution in [3.63, 3.8) is 0 Å². The van der Waals surface area contributed by atoms with Crippen molar-refractivity contribution >= 4 is 11.0 Å². The van der Waals surface area contributed by atoms with E-state index in [1.807, 2.05) is 6.07 Å². The van der Waals surface area contributed by atoms with Crippen LogP contribution in [-0.2, 0) is 6.42 Å². The highest BCUT2D eigenvalue weighted by molar-refractivity contribution is 5.82. The highest BCUT2D eigenvalue weighted by Crippen LogP contribution is 2.48. The monoisotopic (exact) mass is 271 g/mol. The summed E-state index contributed by atoms with van der Waals surface area (Å²) in [6.45, 7) is 7.85. The Balaban J connectivity index is 1.81. The highest BCUT2D eigenvalue weighted by atomic mass is 16.3. The van der Waals surface area contributed by atoms with Gasteiger partial charge in [0, 0.05) is 17.5 Å². The lowest BCUT2D eigenvalue weighted by atomic mass is 10.0. The molecule has 1 aliphatic carbocycles. The first kappa shape index (κ1) is 13.7. The van der Waals surface area contributed by atoms with E-state index in [2.05, 4.69) is 44.3 Å². The van der Waals surface area contributed by atoms with Crippen LogP contribution in [-0.4, -0.2) is 6.54 Å². The fourth-order valence-electron chi connectivity index (χ4n) is 3.13. The molecule has 1 N–H and O–H groups in total. The van der Waals surface area contributed by atoms with Gasteiger partial charge in [0.15, 0.2) is 0 Å². The van der Waals surface area contributed by atoms with E-state index in [1.165, 1.54) is 30.2 Å². The molecule has 2 aromatic rings. The number of rotatable bonds is 6. The van der Waals surface area contributed by atoms with Crippen molar-refractivity contribution in [2.45, 2.75) is 52.5 Å². The van der Waals surface area contributed by atoms with Crippen molar-refractivity contribution < 1.29 is 4.42 Å². The van der Waals surface area contributed by atoms with Crippen LogP contribution >= 0.6 is 0 Å². The van der Waals surface area contributed by atoms with E-state index in [-0.39, 0.29) is 0 Å². The van der Waals surface area contributed by atoms with E-state index in [0.717, 1.165) is 24.3 Å². The molecular weight excluding hydrogens is 246 g/mol. The second kappa shape index (κ2) is 5.25. The van der Waals surface area contributed by atoms with Crippen LogP contribution in [0.2, 0.25) is 0 Å². The fourth-order valence-corrected chi connectivity index (χ4v) is 3.13. The van der Waals surface area contributed by atoms with Crippen molar-refractivity contribution in [1.29, 1.82) is 0 Å². The molecule has 0 radical (unpaired) electrons. The standard InChI is InChI=1S/C18H25NO/c1-4-14-15-8-6-7-9-16(15)20-17(14)13(3)19-12-18(5-2)10-11-18/h6-9,13,19H,4-5,10-12H2,1-3H3. The Labute approximate surface area is 121 Å². The summed E-state index contributed by atoms with van der Waals surface area (Å²) in [4.78, 5) is 0. The zero-order valence-corrected chi connectivity index (χ0v) is 12.8. The molecule has 108 valence electrons. The van der Waals surface area contributed by atoms with Crippen LogP contribution in [0.3, 0.4) is 0 Å². The minimum absolute atomic E-state index is 0.293. The van der Waals surface area contributed by atoms with E-state index >= 15 is 0 Å². The quantitative estimate of drug-likeness (QED) is 0.813. The molecule has 0 aliphatic heterocycles. The van der Waals surface area contributed by atoms with Crippen LogP contribution in [0.1, 0.15) is 57.4 Å². The lowest BCUT2D eigenvalue weighted by Crippen LogP contribution is -2.26. The molecule has 1 fully saturated rings. The summed E-state index contributed by atoms with van der Waals surface area (Å²) in [6.07, 6.45) is 5.07. The minimum Gasteiger partial charge on any atom is -0.459 e. The molecule has 1 saturated carbocycles. The SMILES string of the molecule is CCc1c(C(C)NCC2(CC)CC2)oc2ccccc12. The molecule has 2 heteroatoms. The van der Waals surface area contributed by atoms with Gasteiger partial charge in [-0.05, 0) is 44.1 Å². The van der Waals surface area contributed by atoms with E-state index in [4.69, 9.17) is 4.42 Å². The number of furan rings is 1. The third-order valence-electron chi connectivity index (χ3n) is 4.97. The maximum Gasteiger partial charge on any atom is 0.134 e. The van der Waals surface area contributed by atoms with Gasteiger partial charge in [-0.25, -0.2) is 0 Å². The average molecular weight is 271 g/mol. The van der Waals surface area contributed by atoms with E-state index in [1.54, 1.807) is 0 Å². The number of hydrogen-bond donors (Lipinski definition) is 1. The van der Waals surface area contributed by atoms with Gasteiger partial charge in [0.2, 0.25) is 0 Å². The largest absolute Gasteiger partial charge is 0.459 e. The summed E-state index contributed by atoms with van der Waals surface area (Å²) >= 11 is 0. The summed E-state index contributed by atoms with van der Waals surface area (Å²) in [5, 5.41) is 4.97. The second-order valence-electron chi connectivity index (χ2n) is 6.25. The average Bonchev–Trinajstić information content (AvgIpc) is 3.17. The number of para-hydroxylation sites is 1. The molecule has 2 nitrogen and oxygen atoms in total. The van der Waals surface area contributed by atoms with E-state index in [0.29, 0.717) is 11.5 Å². The highest BCUT2D eigenvalue weighted by Gasteiger charge is 2.40. The number of fused-ring (bicyclic) bond motifs is 1. The number of hydrogen-bond acceptors (Lipinski definition) is 2. The molecule has 1 aromatic heterocycles. The smallest absolute Gasteiger partial charge is 0.134 e. The van der Waals surface area contributed by atoms with Crippen LogP contribution in [0.25, 0.3) is 11.0 Å². The Bertz CT molecular complexity index is 594. The summed E-state index contributed by atoms with van der Waals surface area (Å²) in [7, 11) is 0. The molecule has 0 amide bonds. The minimum atomic E-state index is 0.293. The Morgan fingerprint density at radius 2 is 2.00 bits per heavy atom. The number of nitrogens with one attached hydrogen (secondary N) is 1.